The quantitative estimate of drug-likeness (QED) is 0.622. The van der Waals surface area contributed by atoms with Crippen molar-refractivity contribution in [3.05, 3.63) is 28.4 Å². The molecule has 7 heteroatoms. The van der Waals surface area contributed by atoms with Gasteiger partial charge in [-0.2, -0.15) is 0 Å². The van der Waals surface area contributed by atoms with Crippen LogP contribution in [0, 0.1) is 5.92 Å². The first-order valence-electron chi connectivity index (χ1n) is 4.56. The molecule has 1 heterocycles. The Kier molecular flexibility index (Phi) is 3.76. The van der Waals surface area contributed by atoms with E-state index in [1.54, 1.807) is 0 Å². The number of H-pyrrole nitrogens is 1. The Labute approximate surface area is 90.5 Å². The predicted molar refractivity (Wildman–Crippen MR) is 54.0 cm³/mol. The van der Waals surface area contributed by atoms with Crippen LogP contribution in [0.5, 0.6) is 0 Å². The summed E-state index contributed by atoms with van der Waals surface area (Å²) in [7, 11) is 0. The number of carbonyl (C=O) groups is 2. The van der Waals surface area contributed by atoms with Gasteiger partial charge in [0.1, 0.15) is 5.69 Å². The summed E-state index contributed by atoms with van der Waals surface area (Å²) in [5.74, 6) is -2.19. The van der Waals surface area contributed by atoms with Gasteiger partial charge in [0.25, 0.3) is 11.5 Å². The van der Waals surface area contributed by atoms with Gasteiger partial charge in [-0.15, -0.1) is 0 Å². The van der Waals surface area contributed by atoms with Crippen molar-refractivity contribution in [3.8, 4) is 0 Å². The molecule has 0 radical (unpaired) electrons. The smallest absolute Gasteiger partial charge is 0.308 e. The number of hydrogen-bond donors (Lipinski definition) is 3. The monoisotopic (exact) mass is 225 g/mol. The zero-order valence-corrected chi connectivity index (χ0v) is 8.56. The van der Waals surface area contributed by atoms with E-state index in [0.717, 1.165) is 6.20 Å². The maximum atomic E-state index is 11.4. The highest BCUT2D eigenvalue weighted by molar-refractivity contribution is 5.92. The summed E-state index contributed by atoms with van der Waals surface area (Å²) in [5, 5.41) is 11.0. The molecule has 0 spiro atoms. The van der Waals surface area contributed by atoms with E-state index in [-0.39, 0.29) is 12.2 Å². The Balaban J connectivity index is 2.56. The summed E-state index contributed by atoms with van der Waals surface area (Å²) in [5.41, 5.74) is -0.368. The molecule has 1 unspecified atom stereocenters. The zero-order valence-electron chi connectivity index (χ0n) is 8.56. The second-order valence-corrected chi connectivity index (χ2v) is 3.25. The average molecular weight is 225 g/mol. The number of carboxylic acid groups (broad SMARTS) is 1. The molecule has 0 fully saturated rings. The van der Waals surface area contributed by atoms with Crippen LogP contribution >= 0.6 is 0 Å². The van der Waals surface area contributed by atoms with Crippen molar-refractivity contribution < 1.29 is 14.7 Å². The molecule has 0 bridgehead atoms. The zero-order chi connectivity index (χ0) is 12.1. The van der Waals surface area contributed by atoms with Crippen molar-refractivity contribution in [2.75, 3.05) is 6.54 Å². The van der Waals surface area contributed by atoms with Crippen LogP contribution in [0.2, 0.25) is 0 Å². The van der Waals surface area contributed by atoms with Crippen LogP contribution in [0.3, 0.4) is 0 Å². The fourth-order valence-electron chi connectivity index (χ4n) is 0.890. The van der Waals surface area contributed by atoms with Crippen molar-refractivity contribution in [1.82, 2.24) is 15.3 Å². The topological polar surface area (TPSA) is 112 Å². The molecule has 0 aliphatic rings. The highest BCUT2D eigenvalue weighted by Gasteiger charge is 2.13. The molecular formula is C9H11N3O4. The van der Waals surface area contributed by atoms with E-state index in [0.29, 0.717) is 0 Å². The maximum Gasteiger partial charge on any atom is 0.308 e. The van der Waals surface area contributed by atoms with Gasteiger partial charge in [0.05, 0.1) is 12.1 Å². The highest BCUT2D eigenvalue weighted by atomic mass is 16.4. The third kappa shape index (κ3) is 3.19. The molecule has 1 aromatic rings. The number of aromatic nitrogens is 2. The van der Waals surface area contributed by atoms with E-state index in [1.807, 2.05) is 0 Å². The van der Waals surface area contributed by atoms with E-state index < -0.39 is 23.4 Å². The number of amides is 1. The molecule has 1 amide bonds. The van der Waals surface area contributed by atoms with E-state index in [2.05, 4.69) is 15.3 Å². The first-order valence-corrected chi connectivity index (χ1v) is 4.56. The molecule has 1 rings (SSSR count). The Bertz CT molecular complexity index is 434. The number of nitrogens with zero attached hydrogens (tertiary/aromatic N) is 1. The molecule has 0 aliphatic carbocycles. The second-order valence-electron chi connectivity index (χ2n) is 3.25. The van der Waals surface area contributed by atoms with Gasteiger partial charge in [-0.25, -0.2) is 4.98 Å². The van der Waals surface area contributed by atoms with Crippen molar-refractivity contribution in [3.63, 3.8) is 0 Å². The Morgan fingerprint density at radius 3 is 2.81 bits per heavy atom. The number of carboxylic acids is 1. The van der Waals surface area contributed by atoms with E-state index in [9.17, 15) is 14.4 Å². The van der Waals surface area contributed by atoms with Gasteiger partial charge in [0, 0.05) is 12.7 Å². The number of rotatable bonds is 4. The van der Waals surface area contributed by atoms with Crippen molar-refractivity contribution in [2.24, 2.45) is 5.92 Å². The number of aliphatic carboxylic acids is 1. The van der Waals surface area contributed by atoms with Crippen LogP contribution in [0.1, 0.15) is 17.4 Å². The van der Waals surface area contributed by atoms with Crippen LogP contribution < -0.4 is 10.9 Å². The third-order valence-electron chi connectivity index (χ3n) is 1.90. The standard InChI is InChI=1S/C9H11N3O4/c1-5(9(15)16)2-12-8(14)6-3-11-7(13)4-10-6/h3-5H,2H2,1H3,(H,11,13)(H,12,14)(H,15,16). The molecule has 3 N–H and O–H groups in total. The molecular weight excluding hydrogens is 214 g/mol. The van der Waals surface area contributed by atoms with Gasteiger partial charge >= 0.3 is 5.97 Å². The van der Waals surface area contributed by atoms with Gasteiger partial charge in [0.15, 0.2) is 0 Å². The SMILES string of the molecule is CC(CNC(=O)c1c[nH]c(=O)cn1)C(=O)O. The van der Waals surface area contributed by atoms with Gasteiger partial charge in [-0.1, -0.05) is 6.92 Å². The summed E-state index contributed by atoms with van der Waals surface area (Å²) in [4.78, 5) is 38.4. The van der Waals surface area contributed by atoms with Crippen LogP contribution in [0.15, 0.2) is 17.2 Å². The van der Waals surface area contributed by atoms with Gasteiger partial charge in [-0.3, -0.25) is 14.4 Å². The number of hydrogen-bond acceptors (Lipinski definition) is 4. The lowest BCUT2D eigenvalue weighted by Crippen LogP contribution is -2.32. The maximum absolute atomic E-state index is 11.4. The molecule has 7 nitrogen and oxygen atoms in total. The van der Waals surface area contributed by atoms with E-state index >= 15 is 0 Å². The summed E-state index contributed by atoms with van der Waals surface area (Å²) >= 11 is 0. The number of nitrogens with one attached hydrogen (secondary N) is 2. The summed E-state index contributed by atoms with van der Waals surface area (Å²) in [6, 6.07) is 0. The van der Waals surface area contributed by atoms with Gasteiger partial charge in [-0.05, 0) is 0 Å². The van der Waals surface area contributed by atoms with Gasteiger partial charge in [0.2, 0.25) is 0 Å². The molecule has 0 aliphatic heterocycles. The highest BCUT2D eigenvalue weighted by Crippen LogP contribution is 1.93. The minimum Gasteiger partial charge on any atom is -0.481 e. The lowest BCUT2D eigenvalue weighted by Gasteiger charge is -2.07. The fourth-order valence-corrected chi connectivity index (χ4v) is 0.890. The number of carbonyl (C=O) groups excluding carboxylic acids is 1. The lowest BCUT2D eigenvalue weighted by atomic mass is 10.2. The first-order chi connectivity index (χ1) is 7.50. The van der Waals surface area contributed by atoms with Crippen molar-refractivity contribution >= 4 is 11.9 Å². The van der Waals surface area contributed by atoms with Crippen LogP contribution in [-0.2, 0) is 4.79 Å². The summed E-state index contributed by atoms with van der Waals surface area (Å²) in [6.45, 7) is 1.48. The number of aromatic amines is 1. The van der Waals surface area contributed by atoms with Crippen LogP contribution in [0.25, 0.3) is 0 Å². The largest absolute Gasteiger partial charge is 0.481 e. The molecule has 1 atom stereocenters. The minimum absolute atomic E-state index is 0.00890. The Hall–Kier alpha value is -2.18. The molecule has 1 aromatic heterocycles. The van der Waals surface area contributed by atoms with Crippen LogP contribution in [-0.4, -0.2) is 33.5 Å². The first kappa shape index (κ1) is 11.9. The molecule has 16 heavy (non-hydrogen) atoms. The Morgan fingerprint density at radius 1 is 1.62 bits per heavy atom. The molecule has 0 saturated carbocycles. The van der Waals surface area contributed by atoms with Crippen molar-refractivity contribution in [2.45, 2.75) is 6.92 Å². The normalized spacial score (nSPS) is 11.8. The summed E-state index contributed by atoms with van der Waals surface area (Å²) < 4.78 is 0. The summed E-state index contributed by atoms with van der Waals surface area (Å²) in [6.07, 6.45) is 2.15. The van der Waals surface area contributed by atoms with Gasteiger partial charge < -0.3 is 15.4 Å². The van der Waals surface area contributed by atoms with Crippen LogP contribution in [0.4, 0.5) is 0 Å². The van der Waals surface area contributed by atoms with Crippen molar-refractivity contribution in [1.29, 1.82) is 0 Å². The minimum atomic E-state index is -0.991. The molecule has 0 aromatic carbocycles. The Morgan fingerprint density at radius 2 is 2.31 bits per heavy atom. The predicted octanol–water partition coefficient (Wildman–Crippen LogP) is -0.780. The average Bonchev–Trinajstić information content (AvgIpc) is 2.26. The van der Waals surface area contributed by atoms with E-state index in [1.165, 1.54) is 13.1 Å². The molecule has 86 valence electrons. The molecule has 0 saturated heterocycles. The second kappa shape index (κ2) is 5.06. The lowest BCUT2D eigenvalue weighted by molar-refractivity contribution is -0.140. The fraction of sp³-hybridized carbons (Fsp3) is 0.333. The third-order valence-corrected chi connectivity index (χ3v) is 1.90. The van der Waals surface area contributed by atoms with E-state index in [4.69, 9.17) is 5.11 Å².